The Balaban J connectivity index is 1.32. The number of halogens is 1. The Hall–Kier alpha value is -2.90. The van der Waals surface area contributed by atoms with Gasteiger partial charge in [0.25, 0.3) is 11.8 Å². The Bertz CT molecular complexity index is 1150. The molecule has 2 aromatic carbocycles. The van der Waals surface area contributed by atoms with E-state index in [1.54, 1.807) is 29.6 Å². The van der Waals surface area contributed by atoms with E-state index >= 15 is 0 Å². The van der Waals surface area contributed by atoms with Crippen LogP contribution in [-0.4, -0.2) is 28.9 Å². The average Bonchev–Trinajstić information content (AvgIpc) is 3.34. The lowest BCUT2D eigenvalue weighted by Crippen LogP contribution is -2.53. The lowest BCUT2D eigenvalue weighted by atomic mass is 9.90. The van der Waals surface area contributed by atoms with Crippen molar-refractivity contribution in [1.29, 1.82) is 0 Å². The zero-order valence-electron chi connectivity index (χ0n) is 19.9. The van der Waals surface area contributed by atoms with E-state index in [4.69, 9.17) is 16.3 Å². The largest absolute Gasteiger partial charge is 0.486 e. The zero-order chi connectivity index (χ0) is 24.8. The second-order valence-corrected chi connectivity index (χ2v) is 10.5. The van der Waals surface area contributed by atoms with E-state index < -0.39 is 0 Å². The van der Waals surface area contributed by atoms with Crippen molar-refractivity contribution in [2.45, 2.75) is 64.1 Å². The van der Waals surface area contributed by atoms with Crippen LogP contribution in [0.2, 0.25) is 5.02 Å². The molecule has 2 N–H and O–H groups in total. The number of hydrogen-bond acceptors (Lipinski definition) is 5. The van der Waals surface area contributed by atoms with Crippen LogP contribution in [0.4, 0.5) is 0 Å². The molecule has 4 rings (SSSR count). The summed E-state index contributed by atoms with van der Waals surface area (Å²) in [7, 11) is 0. The van der Waals surface area contributed by atoms with Crippen molar-refractivity contribution < 1.29 is 14.3 Å². The highest BCUT2D eigenvalue weighted by molar-refractivity contribution is 7.09. The minimum Gasteiger partial charge on any atom is -0.486 e. The van der Waals surface area contributed by atoms with E-state index in [0.29, 0.717) is 28.8 Å². The molecule has 1 fully saturated rings. The monoisotopic (exact) mass is 511 g/mol. The highest BCUT2D eigenvalue weighted by atomic mass is 35.5. The second kappa shape index (κ2) is 11.7. The molecule has 0 bridgehead atoms. The van der Waals surface area contributed by atoms with Crippen LogP contribution in [0.3, 0.4) is 0 Å². The number of hydrogen-bond donors (Lipinski definition) is 2. The van der Waals surface area contributed by atoms with Gasteiger partial charge in [0.05, 0.1) is 0 Å². The molecule has 2 amide bonds. The average molecular weight is 512 g/mol. The highest BCUT2D eigenvalue weighted by Crippen LogP contribution is 2.22. The number of thiazole rings is 1. The van der Waals surface area contributed by atoms with Crippen LogP contribution in [-0.2, 0) is 6.61 Å². The lowest BCUT2D eigenvalue weighted by molar-refractivity contribution is 0.0860. The van der Waals surface area contributed by atoms with Crippen LogP contribution in [0, 0.1) is 0 Å². The van der Waals surface area contributed by atoms with Crippen molar-refractivity contribution in [2.24, 2.45) is 0 Å². The molecule has 1 aromatic heterocycles. The fourth-order valence-corrected chi connectivity index (χ4v) is 4.96. The van der Waals surface area contributed by atoms with Crippen molar-refractivity contribution >= 4 is 34.8 Å². The number of aromatic nitrogens is 1. The molecule has 8 heteroatoms. The van der Waals surface area contributed by atoms with E-state index in [1.807, 2.05) is 12.1 Å². The Morgan fingerprint density at radius 3 is 2.26 bits per heavy atom. The summed E-state index contributed by atoms with van der Waals surface area (Å²) in [5.41, 5.74) is 2.18. The smallest absolute Gasteiger partial charge is 0.271 e. The molecule has 0 radical (unpaired) electrons. The van der Waals surface area contributed by atoms with Crippen LogP contribution in [0.25, 0.3) is 0 Å². The van der Waals surface area contributed by atoms with Gasteiger partial charge in [0.15, 0.2) is 0 Å². The van der Waals surface area contributed by atoms with Gasteiger partial charge in [-0.25, -0.2) is 4.98 Å². The summed E-state index contributed by atoms with van der Waals surface area (Å²) in [6, 6.07) is 14.6. The third kappa shape index (κ3) is 6.83. The molecule has 184 valence electrons. The summed E-state index contributed by atoms with van der Waals surface area (Å²) in [6.07, 6.45) is 3.64. The van der Waals surface area contributed by atoms with Crippen molar-refractivity contribution in [3.63, 3.8) is 0 Å². The minimum atomic E-state index is -0.230. The molecule has 2 atom stereocenters. The van der Waals surface area contributed by atoms with Gasteiger partial charge >= 0.3 is 0 Å². The van der Waals surface area contributed by atoms with E-state index in [2.05, 4.69) is 41.6 Å². The van der Waals surface area contributed by atoms with Crippen LogP contribution < -0.4 is 15.4 Å². The van der Waals surface area contributed by atoms with Crippen molar-refractivity contribution in [3.8, 4) is 5.75 Å². The number of ether oxygens (including phenoxy) is 1. The number of nitrogens with zero attached hydrogens (tertiary/aromatic N) is 1. The van der Waals surface area contributed by atoms with Crippen LogP contribution in [0.1, 0.15) is 76.9 Å². The lowest BCUT2D eigenvalue weighted by Gasteiger charge is -2.32. The predicted molar refractivity (Wildman–Crippen MR) is 139 cm³/mol. The topological polar surface area (TPSA) is 80.3 Å². The molecular weight excluding hydrogens is 482 g/mol. The first kappa shape index (κ1) is 25.2. The third-order valence-corrected chi connectivity index (χ3v) is 7.27. The first-order valence-electron chi connectivity index (χ1n) is 11.9. The van der Waals surface area contributed by atoms with Gasteiger partial charge in [0.1, 0.15) is 23.1 Å². The summed E-state index contributed by atoms with van der Waals surface area (Å²) >= 11 is 7.32. The van der Waals surface area contributed by atoms with Crippen molar-refractivity contribution in [1.82, 2.24) is 15.6 Å². The molecule has 3 aromatic rings. The molecule has 0 spiro atoms. The standard InChI is InChI=1S/C27H30ClN3O3S/c1-17(2)18-9-13-21(14-10-18)34-15-25-29-24(16-35-25)27(33)31-23-6-4-3-5-22(23)30-26(32)19-7-11-20(28)12-8-19/h7-14,16-17,22-23H,3-6,15H2,1-2H3,(H,30,32)(H,31,33). The SMILES string of the molecule is CC(C)c1ccc(OCc2nc(C(=O)NC3CCCCC3NC(=O)c3ccc(Cl)cc3)cs2)cc1. The van der Waals surface area contributed by atoms with Gasteiger partial charge in [-0.3, -0.25) is 9.59 Å². The first-order valence-corrected chi connectivity index (χ1v) is 13.2. The summed E-state index contributed by atoms with van der Waals surface area (Å²) < 4.78 is 5.84. The number of nitrogens with one attached hydrogen (secondary N) is 2. The van der Waals surface area contributed by atoms with Gasteiger partial charge in [-0.15, -0.1) is 11.3 Å². The maximum Gasteiger partial charge on any atom is 0.271 e. The van der Waals surface area contributed by atoms with Gasteiger partial charge < -0.3 is 15.4 Å². The Labute approximate surface area is 215 Å². The minimum absolute atomic E-state index is 0.133. The number of carbonyl (C=O) groups excluding carboxylic acids is 2. The molecule has 1 aliphatic carbocycles. The van der Waals surface area contributed by atoms with E-state index in [0.717, 1.165) is 36.4 Å². The normalized spacial score (nSPS) is 17.7. The number of rotatable bonds is 8. The van der Waals surface area contributed by atoms with Gasteiger partial charge in [0.2, 0.25) is 0 Å². The highest BCUT2D eigenvalue weighted by Gasteiger charge is 2.29. The molecule has 1 saturated carbocycles. The van der Waals surface area contributed by atoms with Crippen molar-refractivity contribution in [3.05, 3.63) is 80.8 Å². The Morgan fingerprint density at radius 2 is 1.63 bits per heavy atom. The molecule has 1 aliphatic rings. The summed E-state index contributed by atoms with van der Waals surface area (Å²) in [4.78, 5) is 30.0. The maximum absolute atomic E-state index is 12.9. The van der Waals surface area contributed by atoms with Crippen LogP contribution >= 0.6 is 22.9 Å². The van der Waals surface area contributed by atoms with Gasteiger partial charge in [0, 0.05) is 28.0 Å². The second-order valence-electron chi connectivity index (χ2n) is 9.09. The van der Waals surface area contributed by atoms with Gasteiger partial charge in [-0.1, -0.05) is 50.4 Å². The van der Waals surface area contributed by atoms with E-state index in [-0.39, 0.29) is 23.9 Å². The third-order valence-electron chi connectivity index (χ3n) is 6.20. The number of amides is 2. The first-order chi connectivity index (χ1) is 16.9. The fraction of sp³-hybridized carbons (Fsp3) is 0.370. The van der Waals surface area contributed by atoms with Gasteiger partial charge in [-0.2, -0.15) is 0 Å². The summed E-state index contributed by atoms with van der Waals surface area (Å²) in [5.74, 6) is 0.851. The molecule has 1 heterocycles. The number of benzene rings is 2. The predicted octanol–water partition coefficient (Wildman–Crippen LogP) is 5.97. The Morgan fingerprint density at radius 1 is 1.00 bits per heavy atom. The van der Waals surface area contributed by atoms with E-state index in [9.17, 15) is 9.59 Å². The number of carbonyl (C=O) groups is 2. The Kier molecular flexibility index (Phi) is 8.42. The summed E-state index contributed by atoms with van der Waals surface area (Å²) in [6.45, 7) is 4.62. The zero-order valence-corrected chi connectivity index (χ0v) is 21.5. The summed E-state index contributed by atoms with van der Waals surface area (Å²) in [5, 5.41) is 9.24. The van der Waals surface area contributed by atoms with Gasteiger partial charge in [-0.05, 0) is 60.7 Å². The molecule has 6 nitrogen and oxygen atoms in total. The van der Waals surface area contributed by atoms with E-state index in [1.165, 1.54) is 16.9 Å². The fourth-order valence-electron chi connectivity index (χ4n) is 4.15. The molecule has 2 unspecified atom stereocenters. The molecule has 0 saturated heterocycles. The molecule has 0 aliphatic heterocycles. The van der Waals surface area contributed by atoms with Crippen LogP contribution in [0.5, 0.6) is 5.75 Å². The van der Waals surface area contributed by atoms with Crippen molar-refractivity contribution in [2.75, 3.05) is 0 Å². The molecule has 35 heavy (non-hydrogen) atoms. The molecular formula is C27H30ClN3O3S. The quantitative estimate of drug-likeness (QED) is 0.390. The van der Waals surface area contributed by atoms with Crippen LogP contribution in [0.15, 0.2) is 53.9 Å². The maximum atomic E-state index is 12.9.